The van der Waals surface area contributed by atoms with Gasteiger partial charge in [-0.25, -0.2) is 0 Å². The molecule has 0 aliphatic carbocycles. The molecular formula is C18H22N2O4. The molecule has 1 aromatic heterocycles. The van der Waals surface area contributed by atoms with E-state index in [1.54, 1.807) is 26.4 Å². The average Bonchev–Trinajstić information content (AvgIpc) is 3.19. The Bertz CT molecular complexity index is 712. The van der Waals surface area contributed by atoms with Crippen molar-refractivity contribution in [3.63, 3.8) is 0 Å². The lowest BCUT2D eigenvalue weighted by Crippen LogP contribution is -2.31. The third-order valence-corrected chi connectivity index (χ3v) is 4.58. The zero-order chi connectivity index (χ0) is 17.3. The van der Waals surface area contributed by atoms with E-state index in [1.807, 2.05) is 24.8 Å². The molecule has 6 nitrogen and oxygen atoms in total. The Morgan fingerprint density at radius 3 is 2.46 bits per heavy atom. The van der Waals surface area contributed by atoms with Crippen LogP contribution < -0.4 is 9.47 Å². The van der Waals surface area contributed by atoms with Crippen LogP contribution >= 0.6 is 0 Å². The lowest BCUT2D eigenvalue weighted by atomic mass is 10.0. The van der Waals surface area contributed by atoms with E-state index >= 15 is 0 Å². The van der Waals surface area contributed by atoms with Crippen LogP contribution in [0.5, 0.6) is 11.5 Å². The molecule has 1 unspecified atom stereocenters. The summed E-state index contributed by atoms with van der Waals surface area (Å²) < 4.78 is 16.1. The Balaban J connectivity index is 2.01. The van der Waals surface area contributed by atoms with Crippen LogP contribution in [0, 0.1) is 13.8 Å². The fraction of sp³-hybridized carbons (Fsp3) is 0.444. The van der Waals surface area contributed by atoms with Crippen molar-refractivity contribution in [3.8, 4) is 11.5 Å². The molecule has 2 aromatic rings. The number of benzene rings is 1. The van der Waals surface area contributed by atoms with Gasteiger partial charge < -0.3 is 18.9 Å². The highest BCUT2D eigenvalue weighted by atomic mass is 16.5. The minimum absolute atomic E-state index is 0.0293. The van der Waals surface area contributed by atoms with Gasteiger partial charge >= 0.3 is 0 Å². The maximum Gasteiger partial charge on any atom is 0.261 e. The summed E-state index contributed by atoms with van der Waals surface area (Å²) >= 11 is 0. The Kier molecular flexibility index (Phi) is 4.46. The first-order chi connectivity index (χ1) is 11.6. The molecule has 1 aromatic carbocycles. The van der Waals surface area contributed by atoms with Crippen molar-refractivity contribution in [3.05, 3.63) is 40.8 Å². The second-order valence-corrected chi connectivity index (χ2v) is 5.93. The van der Waals surface area contributed by atoms with E-state index in [0.717, 1.165) is 29.9 Å². The van der Waals surface area contributed by atoms with Gasteiger partial charge in [0.15, 0.2) is 0 Å². The molecule has 0 spiro atoms. The molecule has 3 rings (SSSR count). The van der Waals surface area contributed by atoms with E-state index in [9.17, 15) is 4.79 Å². The molecule has 1 aliphatic heterocycles. The summed E-state index contributed by atoms with van der Waals surface area (Å²) in [7, 11) is 3.11. The predicted molar refractivity (Wildman–Crippen MR) is 88.5 cm³/mol. The Morgan fingerprint density at radius 2 is 1.92 bits per heavy atom. The third-order valence-electron chi connectivity index (χ3n) is 4.58. The Hall–Kier alpha value is -2.50. The first-order valence-electron chi connectivity index (χ1n) is 8.03. The summed E-state index contributed by atoms with van der Waals surface area (Å²) in [5, 5.41) is 4.03. The fourth-order valence-electron chi connectivity index (χ4n) is 3.48. The number of aromatic nitrogens is 1. The second-order valence-electron chi connectivity index (χ2n) is 5.93. The highest BCUT2D eigenvalue weighted by Crippen LogP contribution is 2.39. The smallest absolute Gasteiger partial charge is 0.261 e. The van der Waals surface area contributed by atoms with Crippen molar-refractivity contribution >= 4 is 5.91 Å². The summed E-state index contributed by atoms with van der Waals surface area (Å²) in [5.41, 5.74) is 2.31. The van der Waals surface area contributed by atoms with Gasteiger partial charge in [-0.15, -0.1) is 0 Å². The van der Waals surface area contributed by atoms with Crippen LogP contribution in [0.3, 0.4) is 0 Å². The molecular weight excluding hydrogens is 308 g/mol. The summed E-state index contributed by atoms with van der Waals surface area (Å²) in [4.78, 5) is 15.1. The maximum absolute atomic E-state index is 13.2. The average molecular weight is 330 g/mol. The highest BCUT2D eigenvalue weighted by Gasteiger charge is 2.36. The predicted octanol–water partition coefficient (Wildman–Crippen LogP) is 3.29. The topological polar surface area (TPSA) is 64.8 Å². The summed E-state index contributed by atoms with van der Waals surface area (Å²) in [6.07, 6.45) is 1.84. The third kappa shape index (κ3) is 2.62. The van der Waals surface area contributed by atoms with E-state index in [0.29, 0.717) is 23.6 Å². The van der Waals surface area contributed by atoms with Crippen molar-refractivity contribution in [1.29, 1.82) is 0 Å². The first kappa shape index (κ1) is 16.4. The minimum Gasteiger partial charge on any atom is -0.496 e. The summed E-state index contributed by atoms with van der Waals surface area (Å²) in [6.45, 7) is 4.49. The van der Waals surface area contributed by atoms with E-state index in [-0.39, 0.29) is 11.9 Å². The van der Waals surface area contributed by atoms with Crippen LogP contribution in [0.1, 0.15) is 46.3 Å². The van der Waals surface area contributed by atoms with Crippen molar-refractivity contribution in [2.24, 2.45) is 0 Å². The van der Waals surface area contributed by atoms with Gasteiger partial charge in [0.25, 0.3) is 5.91 Å². The monoisotopic (exact) mass is 330 g/mol. The van der Waals surface area contributed by atoms with Crippen LogP contribution in [-0.4, -0.2) is 36.7 Å². The number of aryl methyl sites for hydroxylation is 2. The van der Waals surface area contributed by atoms with Gasteiger partial charge in [0.05, 0.1) is 26.0 Å². The van der Waals surface area contributed by atoms with Crippen LogP contribution in [-0.2, 0) is 0 Å². The molecule has 1 saturated heterocycles. The van der Waals surface area contributed by atoms with Crippen molar-refractivity contribution in [1.82, 2.24) is 10.1 Å². The fourth-order valence-corrected chi connectivity index (χ4v) is 3.48. The molecule has 0 bridgehead atoms. The van der Waals surface area contributed by atoms with E-state index in [2.05, 4.69) is 5.16 Å². The maximum atomic E-state index is 13.2. The first-order valence-corrected chi connectivity index (χ1v) is 8.03. The quantitative estimate of drug-likeness (QED) is 0.861. The van der Waals surface area contributed by atoms with Gasteiger partial charge in [0.2, 0.25) is 0 Å². The summed E-state index contributed by atoms with van der Waals surface area (Å²) in [6, 6.07) is 5.33. The van der Waals surface area contributed by atoms with E-state index in [4.69, 9.17) is 14.0 Å². The lowest BCUT2D eigenvalue weighted by Gasteiger charge is -2.26. The second kappa shape index (κ2) is 6.55. The molecule has 1 fully saturated rings. The largest absolute Gasteiger partial charge is 0.496 e. The number of hydrogen-bond acceptors (Lipinski definition) is 5. The minimum atomic E-state index is -0.0909. The number of carbonyl (C=O) groups excluding carboxylic acids is 1. The van der Waals surface area contributed by atoms with Crippen molar-refractivity contribution in [2.45, 2.75) is 32.7 Å². The molecule has 1 amide bonds. The van der Waals surface area contributed by atoms with Gasteiger partial charge in [-0.2, -0.15) is 0 Å². The number of nitrogens with zero attached hydrogens (tertiary/aromatic N) is 2. The van der Waals surface area contributed by atoms with Gasteiger partial charge in [0, 0.05) is 12.1 Å². The molecule has 1 aliphatic rings. The Labute approximate surface area is 141 Å². The molecule has 6 heteroatoms. The highest BCUT2D eigenvalue weighted by molar-refractivity contribution is 6.00. The van der Waals surface area contributed by atoms with Gasteiger partial charge in [-0.05, 0) is 38.8 Å². The van der Waals surface area contributed by atoms with Gasteiger partial charge in [-0.3, -0.25) is 4.79 Å². The Morgan fingerprint density at radius 1 is 1.25 bits per heavy atom. The number of methoxy groups -OCH3 is 2. The van der Waals surface area contributed by atoms with Crippen LogP contribution in [0.15, 0.2) is 22.7 Å². The number of carbonyl (C=O) groups is 1. The molecule has 24 heavy (non-hydrogen) atoms. The standard InChI is InChI=1S/C18H22N2O4/c1-11-16(12(2)24-19-11)13-7-6-10-20(13)18(21)17-14(22-3)8-5-9-15(17)23-4/h5,8-9,13H,6-7,10H2,1-4H3. The van der Waals surface area contributed by atoms with Crippen LogP contribution in [0.2, 0.25) is 0 Å². The van der Waals surface area contributed by atoms with Gasteiger partial charge in [-0.1, -0.05) is 11.2 Å². The SMILES string of the molecule is COc1cccc(OC)c1C(=O)N1CCCC1c1c(C)noc1C. The molecule has 1 atom stereocenters. The number of amides is 1. The number of ether oxygens (including phenoxy) is 2. The van der Waals surface area contributed by atoms with E-state index < -0.39 is 0 Å². The number of hydrogen-bond donors (Lipinski definition) is 0. The molecule has 2 heterocycles. The number of likely N-dealkylation sites (tertiary alicyclic amines) is 1. The molecule has 128 valence electrons. The van der Waals surface area contributed by atoms with Crippen LogP contribution in [0.4, 0.5) is 0 Å². The van der Waals surface area contributed by atoms with E-state index in [1.165, 1.54) is 0 Å². The molecule has 0 saturated carbocycles. The molecule has 0 radical (unpaired) electrons. The number of rotatable bonds is 4. The van der Waals surface area contributed by atoms with Crippen molar-refractivity contribution < 1.29 is 18.8 Å². The van der Waals surface area contributed by atoms with Gasteiger partial charge in [0.1, 0.15) is 22.8 Å². The lowest BCUT2D eigenvalue weighted by molar-refractivity contribution is 0.0727. The normalized spacial score (nSPS) is 17.2. The zero-order valence-corrected chi connectivity index (χ0v) is 14.5. The van der Waals surface area contributed by atoms with Crippen molar-refractivity contribution in [2.75, 3.05) is 20.8 Å². The van der Waals surface area contributed by atoms with Crippen LogP contribution in [0.25, 0.3) is 0 Å². The summed E-state index contributed by atoms with van der Waals surface area (Å²) in [5.74, 6) is 1.71. The zero-order valence-electron chi connectivity index (χ0n) is 14.5. The molecule has 0 N–H and O–H groups in total.